The zero-order chi connectivity index (χ0) is 13.2. The summed E-state index contributed by atoms with van der Waals surface area (Å²) in [4.78, 5) is 13.9. The Hall–Kier alpha value is -0.830. The van der Waals surface area contributed by atoms with Crippen LogP contribution in [0.5, 0.6) is 0 Å². The van der Waals surface area contributed by atoms with Gasteiger partial charge in [0.1, 0.15) is 0 Å². The fourth-order valence-corrected chi connectivity index (χ4v) is 2.05. The number of carbonyl (C=O) groups is 1. The lowest BCUT2D eigenvalue weighted by atomic mass is 9.83. The van der Waals surface area contributed by atoms with Gasteiger partial charge in [-0.1, -0.05) is 46.3 Å². The molecule has 98 valence electrons. The molecule has 2 N–H and O–H groups in total. The number of amides is 1. The molecule has 1 aliphatic rings. The van der Waals surface area contributed by atoms with Crippen molar-refractivity contribution in [3.63, 3.8) is 0 Å². The first kappa shape index (κ1) is 14.2. The van der Waals surface area contributed by atoms with Gasteiger partial charge < -0.3 is 10.6 Å². The van der Waals surface area contributed by atoms with Gasteiger partial charge in [0, 0.05) is 13.1 Å². The third kappa shape index (κ3) is 3.56. The van der Waals surface area contributed by atoms with Crippen LogP contribution in [0.2, 0.25) is 0 Å². The van der Waals surface area contributed by atoms with E-state index in [1.165, 1.54) is 5.57 Å². The Kier molecular flexibility index (Phi) is 4.36. The lowest BCUT2D eigenvalue weighted by molar-refractivity contribution is -0.133. The molecule has 0 aliphatic carbocycles. The minimum absolute atomic E-state index is 0.0872. The molecule has 0 saturated heterocycles. The average molecular weight is 238 g/mol. The Balaban J connectivity index is 2.64. The second-order valence-corrected chi connectivity index (χ2v) is 6.28. The van der Waals surface area contributed by atoms with Gasteiger partial charge in [0.2, 0.25) is 5.91 Å². The molecule has 0 bridgehead atoms. The van der Waals surface area contributed by atoms with E-state index in [9.17, 15) is 4.79 Å². The van der Waals surface area contributed by atoms with Gasteiger partial charge in [0.05, 0.1) is 6.04 Å². The first-order valence-electron chi connectivity index (χ1n) is 6.47. The lowest BCUT2D eigenvalue weighted by Gasteiger charge is -2.34. The van der Waals surface area contributed by atoms with Crippen LogP contribution >= 0.6 is 0 Å². The van der Waals surface area contributed by atoms with Gasteiger partial charge in [-0.25, -0.2) is 0 Å². The van der Waals surface area contributed by atoms with Crippen LogP contribution < -0.4 is 5.73 Å². The fourth-order valence-electron chi connectivity index (χ4n) is 2.05. The van der Waals surface area contributed by atoms with Crippen LogP contribution in [0, 0.1) is 11.3 Å². The van der Waals surface area contributed by atoms with Crippen molar-refractivity contribution in [2.45, 2.75) is 47.1 Å². The molecule has 3 heteroatoms. The van der Waals surface area contributed by atoms with Crippen molar-refractivity contribution >= 4 is 5.91 Å². The molecular formula is C14H26N2O. The Bertz CT molecular complexity index is 313. The predicted molar refractivity (Wildman–Crippen MR) is 71.5 cm³/mol. The summed E-state index contributed by atoms with van der Waals surface area (Å²) >= 11 is 0. The van der Waals surface area contributed by atoms with Crippen LogP contribution in [0.3, 0.4) is 0 Å². The first-order chi connectivity index (χ1) is 7.73. The van der Waals surface area contributed by atoms with Crippen molar-refractivity contribution in [2.24, 2.45) is 17.1 Å². The van der Waals surface area contributed by atoms with E-state index in [2.05, 4.69) is 26.8 Å². The van der Waals surface area contributed by atoms with Crippen LogP contribution in [0.25, 0.3) is 0 Å². The van der Waals surface area contributed by atoms with Gasteiger partial charge in [-0.15, -0.1) is 0 Å². The molecule has 1 aliphatic heterocycles. The molecule has 0 aromatic carbocycles. The number of hydrogen-bond donors (Lipinski definition) is 1. The highest BCUT2D eigenvalue weighted by Crippen LogP contribution is 2.30. The molecule has 0 unspecified atom stereocenters. The molecule has 0 fully saturated rings. The van der Waals surface area contributed by atoms with Crippen molar-refractivity contribution in [2.75, 3.05) is 13.1 Å². The topological polar surface area (TPSA) is 46.3 Å². The van der Waals surface area contributed by atoms with Crippen molar-refractivity contribution in [3.05, 3.63) is 11.6 Å². The second kappa shape index (κ2) is 5.21. The highest BCUT2D eigenvalue weighted by molar-refractivity contribution is 5.82. The zero-order valence-corrected chi connectivity index (χ0v) is 11.8. The highest BCUT2D eigenvalue weighted by atomic mass is 16.2. The average Bonchev–Trinajstić information content (AvgIpc) is 2.26. The molecule has 0 aromatic heterocycles. The molecular weight excluding hydrogens is 212 g/mol. The minimum Gasteiger partial charge on any atom is -0.337 e. The monoisotopic (exact) mass is 238 g/mol. The maximum absolute atomic E-state index is 12.1. The molecule has 1 atom stereocenters. The summed E-state index contributed by atoms with van der Waals surface area (Å²) in [6, 6.07) is -0.361. The highest BCUT2D eigenvalue weighted by Gasteiger charge is 2.27. The summed E-state index contributed by atoms with van der Waals surface area (Å²) in [7, 11) is 0. The largest absolute Gasteiger partial charge is 0.337 e. The molecule has 0 saturated carbocycles. The van der Waals surface area contributed by atoms with Crippen molar-refractivity contribution in [1.29, 1.82) is 0 Å². The van der Waals surface area contributed by atoms with E-state index in [4.69, 9.17) is 5.73 Å². The van der Waals surface area contributed by atoms with Gasteiger partial charge in [-0.3, -0.25) is 4.79 Å². The lowest BCUT2D eigenvalue weighted by Crippen LogP contribution is -2.48. The zero-order valence-electron chi connectivity index (χ0n) is 11.8. The van der Waals surface area contributed by atoms with E-state index >= 15 is 0 Å². The van der Waals surface area contributed by atoms with Gasteiger partial charge in [0.25, 0.3) is 0 Å². The number of nitrogens with zero attached hydrogens (tertiary/aromatic N) is 1. The standard InChI is InChI=1S/C14H26N2O/c1-10(2)12(15)13(17)16-8-6-11(7-9-16)14(3,4)5/h6,10,12H,7-9,15H2,1-5H3/t12-/m1/s1. The van der Waals surface area contributed by atoms with E-state index in [1.54, 1.807) is 0 Å². The van der Waals surface area contributed by atoms with E-state index in [0.717, 1.165) is 13.0 Å². The van der Waals surface area contributed by atoms with Crippen LogP contribution in [0.15, 0.2) is 11.6 Å². The summed E-state index contributed by atoms with van der Waals surface area (Å²) in [5.74, 6) is 0.291. The van der Waals surface area contributed by atoms with E-state index in [0.29, 0.717) is 6.54 Å². The maximum atomic E-state index is 12.1. The summed E-state index contributed by atoms with van der Waals surface area (Å²) in [5.41, 5.74) is 7.56. The van der Waals surface area contributed by atoms with Crippen molar-refractivity contribution < 1.29 is 4.79 Å². The van der Waals surface area contributed by atoms with E-state index < -0.39 is 0 Å². The number of hydrogen-bond acceptors (Lipinski definition) is 2. The third-order valence-electron chi connectivity index (χ3n) is 3.49. The maximum Gasteiger partial charge on any atom is 0.240 e. The van der Waals surface area contributed by atoms with E-state index in [1.807, 2.05) is 18.7 Å². The Morgan fingerprint density at radius 3 is 2.35 bits per heavy atom. The Morgan fingerprint density at radius 2 is 2.00 bits per heavy atom. The van der Waals surface area contributed by atoms with Gasteiger partial charge in [-0.05, 0) is 17.8 Å². The minimum atomic E-state index is -0.361. The molecule has 3 nitrogen and oxygen atoms in total. The molecule has 0 spiro atoms. The Labute approximate surface area is 105 Å². The smallest absolute Gasteiger partial charge is 0.240 e. The fraction of sp³-hybridized carbons (Fsp3) is 0.786. The quantitative estimate of drug-likeness (QED) is 0.749. The Morgan fingerprint density at radius 1 is 1.41 bits per heavy atom. The van der Waals surface area contributed by atoms with Gasteiger partial charge in [-0.2, -0.15) is 0 Å². The van der Waals surface area contributed by atoms with Crippen LogP contribution in [-0.2, 0) is 4.79 Å². The van der Waals surface area contributed by atoms with Crippen LogP contribution in [-0.4, -0.2) is 29.9 Å². The molecule has 1 amide bonds. The first-order valence-corrected chi connectivity index (χ1v) is 6.47. The SMILES string of the molecule is CC(C)[C@@H](N)C(=O)N1CC=C(C(C)(C)C)CC1. The molecule has 17 heavy (non-hydrogen) atoms. The third-order valence-corrected chi connectivity index (χ3v) is 3.49. The normalized spacial score (nSPS) is 19.2. The molecule has 0 aromatic rings. The summed E-state index contributed by atoms with van der Waals surface area (Å²) in [6.07, 6.45) is 3.16. The summed E-state index contributed by atoms with van der Waals surface area (Å²) < 4.78 is 0. The van der Waals surface area contributed by atoms with Gasteiger partial charge in [0.15, 0.2) is 0 Å². The van der Waals surface area contributed by atoms with Crippen molar-refractivity contribution in [1.82, 2.24) is 4.90 Å². The number of carbonyl (C=O) groups excluding carboxylic acids is 1. The van der Waals surface area contributed by atoms with Gasteiger partial charge >= 0.3 is 0 Å². The van der Waals surface area contributed by atoms with E-state index in [-0.39, 0.29) is 23.3 Å². The second-order valence-electron chi connectivity index (χ2n) is 6.28. The predicted octanol–water partition coefficient (Wildman–Crippen LogP) is 2.17. The number of rotatable bonds is 2. The number of nitrogens with two attached hydrogens (primary N) is 1. The van der Waals surface area contributed by atoms with Crippen LogP contribution in [0.4, 0.5) is 0 Å². The molecule has 1 heterocycles. The van der Waals surface area contributed by atoms with Crippen molar-refractivity contribution in [3.8, 4) is 0 Å². The molecule has 0 radical (unpaired) electrons. The van der Waals surface area contributed by atoms with Crippen LogP contribution in [0.1, 0.15) is 41.0 Å². The summed E-state index contributed by atoms with van der Waals surface area (Å²) in [5, 5.41) is 0. The summed E-state index contributed by atoms with van der Waals surface area (Å²) in [6.45, 7) is 12.2. The molecule has 1 rings (SSSR count).